The Labute approximate surface area is 207 Å². The summed E-state index contributed by atoms with van der Waals surface area (Å²) >= 11 is 0. The normalized spacial score (nSPS) is 18.9. The Bertz CT molecular complexity index is 1260. The quantitative estimate of drug-likeness (QED) is 0.476. The van der Waals surface area contributed by atoms with Crippen LogP contribution in [0.25, 0.3) is 11.0 Å². The number of methoxy groups -OCH3 is 1. The van der Waals surface area contributed by atoms with Crippen LogP contribution in [0.1, 0.15) is 11.7 Å². The van der Waals surface area contributed by atoms with Crippen LogP contribution in [0, 0.1) is 0 Å². The number of hydrogen-bond acceptors (Lipinski definition) is 10. The fourth-order valence-corrected chi connectivity index (χ4v) is 4.41. The Morgan fingerprint density at radius 2 is 1.97 bits per heavy atom. The molecular formula is C25H28N4O7. The number of likely N-dealkylation sites (N-methyl/N-ethyl adjacent to an activating group) is 1. The van der Waals surface area contributed by atoms with Crippen LogP contribution < -0.4 is 19.1 Å². The number of aliphatic hydroxyl groups excluding tert-OH is 2. The Hall–Kier alpha value is -3.67. The molecule has 2 N–H and O–H groups in total. The van der Waals surface area contributed by atoms with Crippen molar-refractivity contribution in [2.75, 3.05) is 51.9 Å². The lowest BCUT2D eigenvalue weighted by Crippen LogP contribution is -2.40. The van der Waals surface area contributed by atoms with Gasteiger partial charge in [-0.15, -0.1) is 0 Å². The minimum absolute atomic E-state index is 0.184. The first-order valence-electron chi connectivity index (χ1n) is 11.6. The second-order valence-electron chi connectivity index (χ2n) is 8.79. The van der Waals surface area contributed by atoms with E-state index in [2.05, 4.69) is 9.97 Å². The van der Waals surface area contributed by atoms with Crippen molar-refractivity contribution < 1.29 is 34.0 Å². The summed E-state index contributed by atoms with van der Waals surface area (Å²) in [6, 6.07) is 10.6. The summed E-state index contributed by atoms with van der Waals surface area (Å²) in [7, 11) is 3.29. The minimum atomic E-state index is -0.958. The number of anilines is 1. The first kappa shape index (κ1) is 24.0. The number of aliphatic hydroxyl groups is 2. The van der Waals surface area contributed by atoms with Crippen molar-refractivity contribution in [1.82, 2.24) is 14.9 Å². The van der Waals surface area contributed by atoms with Gasteiger partial charge in [-0.2, -0.15) is 0 Å². The maximum Gasteiger partial charge on any atom is 0.414 e. The molecule has 11 nitrogen and oxygen atoms in total. The molecule has 2 aliphatic heterocycles. The summed E-state index contributed by atoms with van der Waals surface area (Å²) < 4.78 is 21.7. The van der Waals surface area contributed by atoms with Crippen LogP contribution in [0.15, 0.2) is 42.6 Å². The van der Waals surface area contributed by atoms with Gasteiger partial charge in [0.05, 0.1) is 42.7 Å². The Kier molecular flexibility index (Phi) is 6.77. The molecule has 11 heteroatoms. The van der Waals surface area contributed by atoms with Crippen molar-refractivity contribution in [3.05, 3.63) is 48.2 Å². The number of carbonyl (C=O) groups excluding carboxylic acids is 1. The van der Waals surface area contributed by atoms with Gasteiger partial charge in [-0.1, -0.05) is 12.1 Å². The molecule has 3 heterocycles. The number of para-hydroxylation sites is 1. The second kappa shape index (κ2) is 10.1. The van der Waals surface area contributed by atoms with Gasteiger partial charge < -0.3 is 34.1 Å². The molecule has 1 aromatic heterocycles. The fraction of sp³-hybridized carbons (Fsp3) is 0.400. The highest BCUT2D eigenvalue weighted by atomic mass is 16.6. The molecule has 1 fully saturated rings. The summed E-state index contributed by atoms with van der Waals surface area (Å²) in [5.41, 5.74) is 2.41. The van der Waals surface area contributed by atoms with Gasteiger partial charge in [0.15, 0.2) is 11.5 Å². The smallest absolute Gasteiger partial charge is 0.414 e. The van der Waals surface area contributed by atoms with E-state index in [9.17, 15) is 15.0 Å². The third-order valence-corrected chi connectivity index (χ3v) is 6.24. The van der Waals surface area contributed by atoms with Gasteiger partial charge in [0.1, 0.15) is 25.4 Å². The highest BCUT2D eigenvalue weighted by Crippen LogP contribution is 2.35. The third-order valence-electron chi connectivity index (χ3n) is 6.24. The molecule has 2 aromatic carbocycles. The van der Waals surface area contributed by atoms with E-state index in [1.54, 1.807) is 42.3 Å². The number of cyclic esters (lactones) is 1. The average molecular weight is 497 g/mol. The van der Waals surface area contributed by atoms with Crippen molar-refractivity contribution in [1.29, 1.82) is 0 Å². The van der Waals surface area contributed by atoms with Gasteiger partial charge in [0.25, 0.3) is 0 Å². The number of amides is 1. The highest BCUT2D eigenvalue weighted by molar-refractivity contribution is 5.90. The van der Waals surface area contributed by atoms with Crippen LogP contribution in [-0.2, 0) is 4.74 Å². The van der Waals surface area contributed by atoms with Crippen molar-refractivity contribution >= 4 is 22.8 Å². The van der Waals surface area contributed by atoms with Gasteiger partial charge in [-0.05, 0) is 25.2 Å². The third kappa shape index (κ3) is 4.85. The Morgan fingerprint density at radius 1 is 1.17 bits per heavy atom. The number of aromatic nitrogens is 2. The molecule has 36 heavy (non-hydrogen) atoms. The lowest BCUT2D eigenvalue weighted by atomic mass is 10.1. The van der Waals surface area contributed by atoms with Crippen LogP contribution in [0.2, 0.25) is 0 Å². The van der Waals surface area contributed by atoms with Gasteiger partial charge in [0.2, 0.25) is 5.88 Å². The standard InChI is InChI=1S/C25H28N4O7/c1-28(12-18(30)16-4-3-5-17-24(16)27-23(33-2)11-26-17)13-19(31)22-14-29(25(32)36-22)15-6-7-20-21(10-15)35-9-8-34-20/h3-7,10-11,18-19,22,30-31H,8-9,12-14H2,1-2H3/t18-,19-,22-/m0/s1. The Morgan fingerprint density at radius 3 is 2.78 bits per heavy atom. The van der Waals surface area contributed by atoms with E-state index in [4.69, 9.17) is 18.9 Å². The van der Waals surface area contributed by atoms with Gasteiger partial charge in [-0.25, -0.2) is 14.8 Å². The van der Waals surface area contributed by atoms with Crippen LogP contribution in [-0.4, -0.2) is 90.4 Å². The second-order valence-corrected chi connectivity index (χ2v) is 8.79. The van der Waals surface area contributed by atoms with Crippen LogP contribution in [0.4, 0.5) is 10.5 Å². The minimum Gasteiger partial charge on any atom is -0.486 e. The number of hydrogen-bond donors (Lipinski definition) is 2. The zero-order valence-electron chi connectivity index (χ0n) is 20.0. The predicted molar refractivity (Wildman–Crippen MR) is 130 cm³/mol. The molecule has 0 spiro atoms. The maximum absolute atomic E-state index is 12.5. The molecule has 0 unspecified atom stereocenters. The number of ether oxygens (including phenoxy) is 4. The summed E-state index contributed by atoms with van der Waals surface area (Å²) in [4.78, 5) is 24.5. The Balaban J connectivity index is 1.21. The first-order valence-corrected chi connectivity index (χ1v) is 11.6. The van der Waals surface area contributed by atoms with Crippen molar-refractivity contribution in [2.24, 2.45) is 0 Å². The highest BCUT2D eigenvalue weighted by Gasteiger charge is 2.37. The molecule has 0 bridgehead atoms. The molecule has 0 saturated carbocycles. The SMILES string of the molecule is COc1cnc2cccc([C@@H](O)CN(C)C[C@H](O)[C@@H]3CN(c4ccc5c(c4)OCCO5)C(=O)O3)c2n1. The van der Waals surface area contributed by atoms with E-state index in [0.29, 0.717) is 52.9 Å². The number of nitrogens with zero attached hydrogens (tertiary/aromatic N) is 4. The monoisotopic (exact) mass is 496 g/mol. The van der Waals surface area contributed by atoms with Gasteiger partial charge >= 0.3 is 6.09 Å². The molecule has 3 aromatic rings. The van der Waals surface area contributed by atoms with E-state index >= 15 is 0 Å². The average Bonchev–Trinajstić information content (AvgIpc) is 3.29. The summed E-state index contributed by atoms with van der Waals surface area (Å²) in [6.45, 7) is 1.52. The molecule has 3 atom stereocenters. The molecular weight excluding hydrogens is 468 g/mol. The lowest BCUT2D eigenvalue weighted by molar-refractivity contribution is 0.00738. The van der Waals surface area contributed by atoms with E-state index in [0.717, 1.165) is 0 Å². The van der Waals surface area contributed by atoms with E-state index in [1.165, 1.54) is 18.2 Å². The topological polar surface area (TPSA) is 127 Å². The maximum atomic E-state index is 12.5. The lowest BCUT2D eigenvalue weighted by Gasteiger charge is -2.25. The van der Waals surface area contributed by atoms with Crippen LogP contribution in [0.3, 0.4) is 0 Å². The molecule has 0 radical (unpaired) electrons. The molecule has 5 rings (SSSR count). The molecule has 0 aliphatic carbocycles. The van der Waals surface area contributed by atoms with Crippen molar-refractivity contribution in [2.45, 2.75) is 18.3 Å². The zero-order chi connectivity index (χ0) is 25.2. The summed E-state index contributed by atoms with van der Waals surface area (Å²) in [5, 5.41) is 21.7. The number of fused-ring (bicyclic) bond motifs is 2. The summed E-state index contributed by atoms with van der Waals surface area (Å²) in [5.74, 6) is 1.56. The molecule has 1 amide bonds. The number of carbonyl (C=O) groups is 1. The van der Waals surface area contributed by atoms with Crippen molar-refractivity contribution in [3.8, 4) is 17.4 Å². The predicted octanol–water partition coefficient (Wildman–Crippen LogP) is 1.76. The van der Waals surface area contributed by atoms with Crippen LogP contribution >= 0.6 is 0 Å². The number of rotatable bonds is 8. The van der Waals surface area contributed by atoms with Crippen LogP contribution in [0.5, 0.6) is 17.4 Å². The zero-order valence-corrected chi connectivity index (χ0v) is 20.0. The van der Waals surface area contributed by atoms with E-state index in [-0.39, 0.29) is 19.6 Å². The molecule has 2 aliphatic rings. The largest absolute Gasteiger partial charge is 0.486 e. The van der Waals surface area contributed by atoms with Gasteiger partial charge in [0, 0.05) is 24.7 Å². The van der Waals surface area contributed by atoms with Crippen molar-refractivity contribution in [3.63, 3.8) is 0 Å². The first-order chi connectivity index (χ1) is 17.4. The van der Waals surface area contributed by atoms with Gasteiger partial charge in [-0.3, -0.25) is 4.90 Å². The fourth-order valence-electron chi connectivity index (χ4n) is 4.41. The summed E-state index contributed by atoms with van der Waals surface area (Å²) in [6.07, 6.45) is -1.58. The molecule has 1 saturated heterocycles. The number of benzene rings is 2. The van der Waals surface area contributed by atoms with E-state index < -0.39 is 24.4 Å². The molecule has 190 valence electrons. The van der Waals surface area contributed by atoms with E-state index in [1.807, 2.05) is 6.07 Å².